The third-order valence-corrected chi connectivity index (χ3v) is 5.77. The Morgan fingerprint density at radius 2 is 2.16 bits per heavy atom. The van der Waals surface area contributed by atoms with Crippen molar-refractivity contribution in [1.82, 2.24) is 4.98 Å². The van der Waals surface area contributed by atoms with Gasteiger partial charge in [-0.25, -0.2) is 9.37 Å². The maximum Gasteiger partial charge on any atom is 0.247 e. The largest absolute Gasteiger partial charge is 0.496 e. The van der Waals surface area contributed by atoms with Crippen molar-refractivity contribution >= 4 is 11.6 Å². The van der Waals surface area contributed by atoms with Gasteiger partial charge in [0.1, 0.15) is 11.9 Å². The van der Waals surface area contributed by atoms with Gasteiger partial charge in [0.15, 0.2) is 0 Å². The molecular formula is C23H23FN4O3. The maximum absolute atomic E-state index is 13.4. The van der Waals surface area contributed by atoms with Gasteiger partial charge < -0.3 is 20.5 Å². The van der Waals surface area contributed by atoms with Gasteiger partial charge in [-0.2, -0.15) is 5.26 Å². The highest BCUT2D eigenvalue weighted by atomic mass is 19.1. The lowest BCUT2D eigenvalue weighted by atomic mass is 9.79. The van der Waals surface area contributed by atoms with Crippen LogP contribution < -0.4 is 20.5 Å². The lowest BCUT2D eigenvalue weighted by molar-refractivity contribution is -0.114. The Balaban J connectivity index is 1.92. The van der Waals surface area contributed by atoms with E-state index in [0.717, 1.165) is 11.3 Å². The second-order valence-corrected chi connectivity index (χ2v) is 7.89. The minimum Gasteiger partial charge on any atom is -0.496 e. The molecule has 1 aliphatic carbocycles. The number of carbonyl (C=O) groups is 1. The molecule has 1 aromatic carbocycles. The number of hydrogen-bond acceptors (Lipinski definition) is 6. The molecule has 0 spiro atoms. The number of alkyl halides is 1. The average Bonchev–Trinajstić information content (AvgIpc) is 3.47. The summed E-state index contributed by atoms with van der Waals surface area (Å²) in [6.07, 6.45) is 1.30. The highest BCUT2D eigenvalue weighted by Gasteiger charge is 2.40. The summed E-state index contributed by atoms with van der Waals surface area (Å²) in [4.78, 5) is 17.0. The minimum atomic E-state index is -0.850. The number of nitrogens with zero attached hydrogens (tertiary/aromatic N) is 2. The number of amides is 1. The molecule has 1 aromatic heterocycles. The summed E-state index contributed by atoms with van der Waals surface area (Å²) in [6, 6.07) is 7.12. The van der Waals surface area contributed by atoms with E-state index in [1.165, 1.54) is 7.11 Å². The average molecular weight is 422 g/mol. The molecule has 2 heterocycles. The van der Waals surface area contributed by atoms with E-state index in [1.807, 2.05) is 6.92 Å². The topological polar surface area (TPSA) is 110 Å². The molecule has 0 radical (unpaired) electrons. The number of aromatic nitrogens is 1. The number of ether oxygens (including phenoxy) is 2. The van der Waals surface area contributed by atoms with Crippen molar-refractivity contribution in [3.63, 3.8) is 0 Å². The van der Waals surface area contributed by atoms with Crippen LogP contribution in [0.4, 0.5) is 10.1 Å². The van der Waals surface area contributed by atoms with E-state index in [4.69, 9.17) is 15.2 Å². The molecule has 1 amide bonds. The normalized spacial score (nSPS) is 21.6. The predicted molar refractivity (Wildman–Crippen MR) is 113 cm³/mol. The number of anilines is 1. The minimum absolute atomic E-state index is 0.147. The van der Waals surface area contributed by atoms with Crippen molar-refractivity contribution in [3.8, 4) is 17.7 Å². The monoisotopic (exact) mass is 422 g/mol. The number of methoxy groups -OCH3 is 1. The van der Waals surface area contributed by atoms with Crippen LogP contribution in [0.15, 0.2) is 35.7 Å². The smallest absolute Gasteiger partial charge is 0.247 e. The van der Waals surface area contributed by atoms with Crippen LogP contribution in [0.1, 0.15) is 41.5 Å². The van der Waals surface area contributed by atoms with Gasteiger partial charge in [0.2, 0.25) is 11.8 Å². The molecule has 1 fully saturated rings. The van der Waals surface area contributed by atoms with Crippen molar-refractivity contribution in [2.45, 2.75) is 32.4 Å². The fourth-order valence-electron chi connectivity index (χ4n) is 4.00. The van der Waals surface area contributed by atoms with Gasteiger partial charge in [-0.15, -0.1) is 0 Å². The summed E-state index contributed by atoms with van der Waals surface area (Å²) in [7, 11) is 1.50. The first-order valence-electron chi connectivity index (χ1n) is 9.97. The van der Waals surface area contributed by atoms with E-state index in [0.29, 0.717) is 46.0 Å². The number of benzene rings is 1. The van der Waals surface area contributed by atoms with Crippen molar-refractivity contribution in [3.05, 3.63) is 57.9 Å². The van der Waals surface area contributed by atoms with Gasteiger partial charge in [0.05, 0.1) is 42.5 Å². The molecule has 0 bridgehead atoms. The summed E-state index contributed by atoms with van der Waals surface area (Å²) in [5.41, 5.74) is 10.1. The van der Waals surface area contributed by atoms with Gasteiger partial charge in [0.25, 0.3) is 0 Å². The van der Waals surface area contributed by atoms with Crippen molar-refractivity contribution in [2.24, 2.45) is 11.7 Å². The predicted octanol–water partition coefficient (Wildman–Crippen LogP) is 3.32. The fourth-order valence-corrected chi connectivity index (χ4v) is 4.00. The van der Waals surface area contributed by atoms with Crippen LogP contribution in [0.2, 0.25) is 0 Å². The first kappa shape index (κ1) is 20.7. The quantitative estimate of drug-likeness (QED) is 0.739. The number of carbonyl (C=O) groups excluding carboxylic acids is 1. The molecule has 31 heavy (non-hydrogen) atoms. The number of aryl methyl sites for hydroxylation is 1. The molecule has 7 nitrogen and oxygen atoms in total. The van der Waals surface area contributed by atoms with Crippen molar-refractivity contribution < 1.29 is 18.7 Å². The zero-order valence-corrected chi connectivity index (χ0v) is 17.5. The Morgan fingerprint density at radius 1 is 1.42 bits per heavy atom. The Hall–Kier alpha value is -3.60. The number of nitriles is 1. The Morgan fingerprint density at radius 3 is 2.77 bits per heavy atom. The fraction of sp³-hybridized carbons (Fsp3) is 0.348. The summed E-state index contributed by atoms with van der Waals surface area (Å²) >= 11 is 0. The van der Waals surface area contributed by atoms with Gasteiger partial charge in [-0.05, 0) is 38.0 Å². The molecule has 0 saturated heterocycles. The summed E-state index contributed by atoms with van der Waals surface area (Å²) in [5.74, 6) is -0.604. The number of fused-ring (bicyclic) bond motifs is 1. The molecule has 8 heteroatoms. The molecule has 2 aliphatic rings. The summed E-state index contributed by atoms with van der Waals surface area (Å²) in [6.45, 7) is 3.89. The molecule has 1 aliphatic heterocycles. The number of pyridine rings is 1. The Labute approximate surface area is 179 Å². The SMILES string of the molecule is COc1cc(C#N)ccc1[C@H]1C(C(N)=O)=C(C)Nc2c(C)cnc(OCC3CC3F)c21. The van der Waals surface area contributed by atoms with E-state index in [-0.39, 0.29) is 12.5 Å². The third-order valence-electron chi connectivity index (χ3n) is 5.77. The van der Waals surface area contributed by atoms with Crippen molar-refractivity contribution in [1.29, 1.82) is 5.26 Å². The summed E-state index contributed by atoms with van der Waals surface area (Å²) in [5, 5.41) is 12.5. The van der Waals surface area contributed by atoms with E-state index >= 15 is 0 Å². The number of hydrogen-bond donors (Lipinski definition) is 2. The van der Waals surface area contributed by atoms with Crippen LogP contribution in [0, 0.1) is 24.2 Å². The van der Waals surface area contributed by atoms with E-state index < -0.39 is 18.0 Å². The highest BCUT2D eigenvalue weighted by molar-refractivity contribution is 5.98. The second kappa shape index (κ2) is 7.91. The van der Waals surface area contributed by atoms with E-state index in [9.17, 15) is 14.4 Å². The molecular weight excluding hydrogens is 399 g/mol. The molecule has 4 rings (SSSR count). The number of rotatable bonds is 6. The number of halogens is 1. The van der Waals surface area contributed by atoms with E-state index in [1.54, 1.807) is 31.3 Å². The molecule has 3 N–H and O–H groups in total. The lowest BCUT2D eigenvalue weighted by Crippen LogP contribution is -2.29. The zero-order chi connectivity index (χ0) is 22.3. The molecule has 1 saturated carbocycles. The van der Waals surface area contributed by atoms with E-state index in [2.05, 4.69) is 16.4 Å². The lowest BCUT2D eigenvalue weighted by Gasteiger charge is -2.32. The van der Waals surface area contributed by atoms with Gasteiger partial charge >= 0.3 is 0 Å². The first-order valence-corrected chi connectivity index (χ1v) is 9.97. The second-order valence-electron chi connectivity index (χ2n) is 7.89. The highest BCUT2D eigenvalue weighted by Crippen LogP contribution is 2.49. The van der Waals surface area contributed by atoms with Gasteiger partial charge in [0, 0.05) is 28.9 Å². The number of allylic oxidation sites excluding steroid dienone is 1. The summed E-state index contributed by atoms with van der Waals surface area (Å²) < 4.78 is 24.9. The number of primary amides is 1. The van der Waals surface area contributed by atoms with Gasteiger partial charge in [-0.1, -0.05) is 6.07 Å². The maximum atomic E-state index is 13.4. The van der Waals surface area contributed by atoms with Crippen molar-refractivity contribution in [2.75, 3.05) is 19.0 Å². The molecule has 2 unspecified atom stereocenters. The molecule has 3 atom stereocenters. The number of nitrogens with one attached hydrogen (secondary N) is 1. The molecule has 160 valence electrons. The Kier molecular flexibility index (Phi) is 5.27. The van der Waals surface area contributed by atoms with Crippen LogP contribution >= 0.6 is 0 Å². The zero-order valence-electron chi connectivity index (χ0n) is 17.5. The number of nitrogens with two attached hydrogens (primary N) is 1. The van der Waals surface area contributed by atoms with Crippen LogP contribution in [0.5, 0.6) is 11.6 Å². The van der Waals surface area contributed by atoms with Gasteiger partial charge in [-0.3, -0.25) is 4.79 Å². The van der Waals surface area contributed by atoms with Crippen LogP contribution in [-0.2, 0) is 4.79 Å². The van der Waals surface area contributed by atoms with Crippen LogP contribution in [-0.4, -0.2) is 30.8 Å². The Bertz CT molecular complexity index is 1140. The standard InChI is InChI=1S/C23H23FN4O3/c1-11-9-27-23(31-10-14-7-16(14)24)20-19(18(22(26)29)12(2)28-21(11)20)15-5-4-13(8-25)6-17(15)30-3/h4-6,9,14,16,19,28H,7,10H2,1-3H3,(H2,26,29)/t14?,16?,19-/m0/s1. The first-order chi connectivity index (χ1) is 14.8. The molecule has 2 aromatic rings. The third kappa shape index (κ3) is 3.67. The van der Waals surface area contributed by atoms with Crippen LogP contribution in [0.25, 0.3) is 0 Å². The van der Waals surface area contributed by atoms with Crippen LogP contribution in [0.3, 0.4) is 0 Å².